The molecule has 2 aromatic rings. The Balaban J connectivity index is 1.52. The van der Waals surface area contributed by atoms with E-state index in [1.807, 2.05) is 17.0 Å². The van der Waals surface area contributed by atoms with Crippen LogP contribution in [0.4, 0.5) is 5.69 Å². The zero-order valence-electron chi connectivity index (χ0n) is 18.2. The number of rotatable bonds is 4. The Morgan fingerprint density at radius 1 is 1.13 bits per heavy atom. The molecule has 0 spiro atoms. The minimum atomic E-state index is -1.26. The van der Waals surface area contributed by atoms with E-state index in [4.69, 9.17) is 4.74 Å². The average molecular weight is 423 g/mol. The molecule has 0 aliphatic carbocycles. The minimum absolute atomic E-state index is 0.0916. The van der Waals surface area contributed by atoms with Crippen molar-refractivity contribution in [1.29, 1.82) is 0 Å². The molecule has 0 aromatic heterocycles. The van der Waals surface area contributed by atoms with Crippen molar-refractivity contribution in [3.63, 3.8) is 0 Å². The van der Waals surface area contributed by atoms with Gasteiger partial charge in [0.15, 0.2) is 17.1 Å². The standard InChI is InChI=1S/C25H30N2O4/c1-16(2)26-11-8-17(9-12-26)15-27-20-5-3-4-18-10-13-31-25(23(18)20,24(27)30)19-6-7-21(28)22(29)14-19/h3-7,14,16-17,28-29H,8-13,15H2,1-2H3. The molecule has 6 heteroatoms. The number of nitrogens with zero attached hydrogens (tertiary/aromatic N) is 2. The number of hydrogen-bond acceptors (Lipinski definition) is 5. The molecule has 1 atom stereocenters. The molecule has 3 heterocycles. The third-order valence-electron chi connectivity index (χ3n) is 7.21. The topological polar surface area (TPSA) is 73.2 Å². The Morgan fingerprint density at radius 3 is 2.61 bits per heavy atom. The van der Waals surface area contributed by atoms with Crippen LogP contribution < -0.4 is 4.90 Å². The van der Waals surface area contributed by atoms with Gasteiger partial charge in [-0.25, -0.2) is 0 Å². The lowest BCUT2D eigenvalue weighted by atomic mass is 9.82. The van der Waals surface area contributed by atoms with Gasteiger partial charge in [-0.3, -0.25) is 4.79 Å². The van der Waals surface area contributed by atoms with Gasteiger partial charge in [0.2, 0.25) is 0 Å². The van der Waals surface area contributed by atoms with Gasteiger partial charge >= 0.3 is 0 Å². The molecular weight excluding hydrogens is 392 g/mol. The van der Waals surface area contributed by atoms with Crippen LogP contribution in [-0.2, 0) is 21.6 Å². The van der Waals surface area contributed by atoms with Crippen molar-refractivity contribution in [2.45, 2.75) is 44.8 Å². The summed E-state index contributed by atoms with van der Waals surface area (Å²) in [5, 5.41) is 20.0. The second kappa shape index (κ2) is 7.53. The van der Waals surface area contributed by atoms with E-state index < -0.39 is 5.60 Å². The number of carbonyl (C=O) groups excluding carboxylic acids is 1. The normalized spacial score (nSPS) is 24.1. The van der Waals surface area contributed by atoms with E-state index in [0.29, 0.717) is 30.7 Å². The fraction of sp³-hybridized carbons (Fsp3) is 0.480. The average Bonchev–Trinajstić information content (AvgIpc) is 3.01. The summed E-state index contributed by atoms with van der Waals surface area (Å²) in [5.41, 5.74) is 2.24. The van der Waals surface area contributed by atoms with E-state index >= 15 is 0 Å². The number of carbonyl (C=O) groups is 1. The molecule has 2 N–H and O–H groups in total. The SMILES string of the molecule is CC(C)N1CCC(CN2C(=O)C3(c4ccc(O)c(O)c4)OCCc4cccc2c43)CC1. The molecule has 0 radical (unpaired) electrons. The number of benzene rings is 2. The van der Waals surface area contributed by atoms with Gasteiger partial charge in [-0.2, -0.15) is 0 Å². The molecule has 3 aliphatic heterocycles. The first kappa shape index (κ1) is 20.3. The Morgan fingerprint density at radius 2 is 1.90 bits per heavy atom. The van der Waals surface area contributed by atoms with Gasteiger partial charge in [-0.15, -0.1) is 0 Å². The van der Waals surface area contributed by atoms with Gasteiger partial charge in [0.05, 0.1) is 12.3 Å². The van der Waals surface area contributed by atoms with Crippen molar-refractivity contribution in [3.8, 4) is 11.5 Å². The summed E-state index contributed by atoms with van der Waals surface area (Å²) >= 11 is 0. The highest BCUT2D eigenvalue weighted by atomic mass is 16.5. The summed E-state index contributed by atoms with van der Waals surface area (Å²) in [7, 11) is 0. The Hall–Kier alpha value is -2.57. The molecular formula is C25H30N2O4. The fourth-order valence-corrected chi connectivity index (χ4v) is 5.47. The summed E-state index contributed by atoms with van der Waals surface area (Å²) in [6.07, 6.45) is 2.90. The third-order valence-corrected chi connectivity index (χ3v) is 7.21. The molecule has 164 valence electrons. The second-order valence-corrected chi connectivity index (χ2v) is 9.28. The molecule has 3 aliphatic rings. The molecule has 2 aromatic carbocycles. The van der Waals surface area contributed by atoms with Gasteiger partial charge in [-0.05, 0) is 75.9 Å². The van der Waals surface area contributed by atoms with E-state index in [2.05, 4.69) is 24.8 Å². The predicted molar refractivity (Wildman–Crippen MR) is 118 cm³/mol. The van der Waals surface area contributed by atoms with Crippen molar-refractivity contribution in [2.75, 3.05) is 31.1 Å². The molecule has 0 bridgehead atoms. The zero-order valence-corrected chi connectivity index (χ0v) is 18.2. The largest absolute Gasteiger partial charge is 0.504 e. The molecule has 1 unspecified atom stereocenters. The number of phenolic OH excluding ortho intramolecular Hbond substituents is 2. The lowest BCUT2D eigenvalue weighted by molar-refractivity contribution is -0.139. The smallest absolute Gasteiger partial charge is 0.268 e. The van der Waals surface area contributed by atoms with Crippen LogP contribution in [0, 0.1) is 5.92 Å². The number of piperidine rings is 1. The number of anilines is 1. The van der Waals surface area contributed by atoms with Crippen LogP contribution in [0.1, 0.15) is 43.4 Å². The highest BCUT2D eigenvalue weighted by molar-refractivity contribution is 6.10. The Labute approximate surface area is 183 Å². The molecule has 6 nitrogen and oxygen atoms in total. The van der Waals surface area contributed by atoms with Crippen molar-refractivity contribution >= 4 is 11.6 Å². The van der Waals surface area contributed by atoms with Crippen molar-refractivity contribution in [1.82, 2.24) is 4.90 Å². The maximum atomic E-state index is 14.0. The highest BCUT2D eigenvalue weighted by Gasteiger charge is 2.56. The van der Waals surface area contributed by atoms with E-state index in [-0.39, 0.29) is 17.4 Å². The molecule has 31 heavy (non-hydrogen) atoms. The van der Waals surface area contributed by atoms with Gasteiger partial charge in [0, 0.05) is 23.7 Å². The molecule has 1 saturated heterocycles. The first-order valence-corrected chi connectivity index (χ1v) is 11.3. The number of hydrogen-bond donors (Lipinski definition) is 2. The van der Waals surface area contributed by atoms with Gasteiger partial charge < -0.3 is 24.7 Å². The highest BCUT2D eigenvalue weighted by Crippen LogP contribution is 2.52. The summed E-state index contributed by atoms with van der Waals surface area (Å²) in [6.45, 7) is 7.70. The fourth-order valence-electron chi connectivity index (χ4n) is 5.47. The van der Waals surface area contributed by atoms with Crippen LogP contribution in [0.2, 0.25) is 0 Å². The van der Waals surface area contributed by atoms with Crippen LogP contribution in [-0.4, -0.2) is 53.3 Å². The van der Waals surface area contributed by atoms with Crippen LogP contribution in [0.15, 0.2) is 36.4 Å². The maximum Gasteiger partial charge on any atom is 0.268 e. The second-order valence-electron chi connectivity index (χ2n) is 9.28. The third kappa shape index (κ3) is 3.12. The number of amides is 1. The van der Waals surface area contributed by atoms with Gasteiger partial charge in [-0.1, -0.05) is 18.2 Å². The van der Waals surface area contributed by atoms with E-state index in [9.17, 15) is 15.0 Å². The van der Waals surface area contributed by atoms with Crippen LogP contribution >= 0.6 is 0 Å². The van der Waals surface area contributed by atoms with E-state index in [1.165, 1.54) is 12.1 Å². The summed E-state index contributed by atoms with van der Waals surface area (Å²) < 4.78 is 6.26. The number of ether oxygens (including phenoxy) is 1. The van der Waals surface area contributed by atoms with Crippen molar-refractivity contribution in [3.05, 3.63) is 53.1 Å². The van der Waals surface area contributed by atoms with Crippen LogP contribution in [0.3, 0.4) is 0 Å². The van der Waals surface area contributed by atoms with E-state index in [1.54, 1.807) is 6.07 Å². The zero-order chi connectivity index (χ0) is 21.8. The Bertz CT molecular complexity index is 1010. The quantitative estimate of drug-likeness (QED) is 0.739. The number of likely N-dealkylation sites (tertiary alicyclic amines) is 1. The first-order chi connectivity index (χ1) is 14.9. The number of aromatic hydroxyl groups is 2. The monoisotopic (exact) mass is 422 g/mol. The summed E-state index contributed by atoms with van der Waals surface area (Å²) in [6, 6.07) is 11.2. The van der Waals surface area contributed by atoms with Crippen LogP contribution in [0.25, 0.3) is 0 Å². The number of phenols is 2. The summed E-state index contributed by atoms with van der Waals surface area (Å²) in [4.78, 5) is 18.4. The predicted octanol–water partition coefficient (Wildman–Crippen LogP) is 3.38. The van der Waals surface area contributed by atoms with Crippen LogP contribution in [0.5, 0.6) is 11.5 Å². The lowest BCUT2D eigenvalue weighted by Gasteiger charge is -2.37. The Kier molecular flexibility index (Phi) is 4.94. The molecule has 5 rings (SSSR count). The van der Waals surface area contributed by atoms with Crippen molar-refractivity contribution in [2.24, 2.45) is 5.92 Å². The maximum absolute atomic E-state index is 14.0. The summed E-state index contributed by atoms with van der Waals surface area (Å²) in [5.74, 6) is -0.0951. The molecule has 1 fully saturated rings. The lowest BCUT2D eigenvalue weighted by Crippen LogP contribution is -2.48. The molecule has 0 saturated carbocycles. The first-order valence-electron chi connectivity index (χ1n) is 11.3. The van der Waals surface area contributed by atoms with Gasteiger partial charge in [0.1, 0.15) is 0 Å². The minimum Gasteiger partial charge on any atom is -0.504 e. The van der Waals surface area contributed by atoms with Crippen molar-refractivity contribution < 1.29 is 19.7 Å². The van der Waals surface area contributed by atoms with E-state index in [0.717, 1.165) is 49.2 Å². The molecule has 1 amide bonds. The van der Waals surface area contributed by atoms with Gasteiger partial charge in [0.25, 0.3) is 5.91 Å².